The zero-order chi connectivity index (χ0) is 15.8. The Bertz CT molecular complexity index is 599. The quantitative estimate of drug-likeness (QED) is 0.533. The fourth-order valence-electron chi connectivity index (χ4n) is 1.99. The van der Waals surface area contributed by atoms with E-state index in [1.54, 1.807) is 31.0 Å². The summed E-state index contributed by atoms with van der Waals surface area (Å²) in [6.07, 6.45) is 2.33. The molecule has 0 aliphatic rings. The number of fused-ring (bicyclic) bond motifs is 1. The Balaban J connectivity index is 0.00000106. The molecule has 1 unspecified atom stereocenters. The second kappa shape index (κ2) is 9.14. The summed E-state index contributed by atoms with van der Waals surface area (Å²) in [5.74, 6) is 0.0895. The molecule has 2 rings (SSSR count). The molecule has 0 saturated carbocycles. The van der Waals surface area contributed by atoms with E-state index in [-0.39, 0.29) is 5.90 Å². The van der Waals surface area contributed by atoms with Gasteiger partial charge in [-0.1, -0.05) is 32.0 Å². The van der Waals surface area contributed by atoms with Crippen LogP contribution in [-0.2, 0) is 18.8 Å². The second-order valence-electron chi connectivity index (χ2n) is 5.04. The number of hydrogen-bond donors (Lipinski definition) is 1. The van der Waals surface area contributed by atoms with Crippen molar-refractivity contribution >= 4 is 31.9 Å². The van der Waals surface area contributed by atoms with Crippen molar-refractivity contribution in [2.24, 2.45) is 16.6 Å². The first-order valence-corrected chi connectivity index (χ1v) is 9.36. The molecule has 6 heteroatoms. The maximum atomic E-state index is 12.0. The van der Waals surface area contributed by atoms with Crippen molar-refractivity contribution < 1.29 is 23.9 Å². The Morgan fingerprint density at radius 1 is 1.33 bits per heavy atom. The van der Waals surface area contributed by atoms with Gasteiger partial charge >= 0.3 is 28.2 Å². The average Bonchev–Trinajstić information content (AvgIpc) is 2.49. The van der Waals surface area contributed by atoms with Crippen LogP contribution in [0.15, 0.2) is 41.5 Å². The summed E-state index contributed by atoms with van der Waals surface area (Å²) < 4.78 is 0. The zero-order valence-corrected chi connectivity index (χ0v) is 14.9. The third-order valence-electron chi connectivity index (χ3n) is 2.88. The van der Waals surface area contributed by atoms with Gasteiger partial charge < -0.3 is 10.8 Å². The van der Waals surface area contributed by atoms with E-state index in [4.69, 9.17) is 5.73 Å². The van der Waals surface area contributed by atoms with Gasteiger partial charge in [0.05, 0.1) is 11.2 Å². The summed E-state index contributed by atoms with van der Waals surface area (Å²) in [5.41, 5.74) is 7.16. The average molecular weight is 487 g/mol. The van der Waals surface area contributed by atoms with Crippen LogP contribution in [0, 0.1) is 5.92 Å². The molecule has 0 fully saturated rings. The van der Waals surface area contributed by atoms with E-state index in [0.717, 1.165) is 10.9 Å². The van der Waals surface area contributed by atoms with E-state index in [0.29, 0.717) is 18.0 Å². The van der Waals surface area contributed by atoms with Gasteiger partial charge in [-0.2, -0.15) is 0 Å². The predicted octanol–water partition coefficient (Wildman–Crippen LogP) is 2.69. The van der Waals surface area contributed by atoms with Crippen LogP contribution in [0.2, 0.25) is 0 Å². The molecule has 0 spiro atoms. The molecule has 2 N–H and O–H groups in total. The van der Waals surface area contributed by atoms with Crippen molar-refractivity contribution in [1.82, 2.24) is 4.98 Å². The SMILES string of the molecule is CC(C)CC(N)C([O-])=Nc1cccc2cccnc12.[Cl][Pt+]. The molecule has 0 radical (unpaired) electrons. The van der Waals surface area contributed by atoms with Crippen LogP contribution in [0.1, 0.15) is 20.3 Å². The maximum absolute atomic E-state index is 12.0. The molecule has 0 aliphatic heterocycles. The van der Waals surface area contributed by atoms with Crippen LogP contribution in [0.4, 0.5) is 5.69 Å². The number of halogens is 1. The first-order valence-electron chi connectivity index (χ1n) is 6.55. The minimum absolute atomic E-state index is 0.285. The number of para-hydroxylation sites is 1. The Morgan fingerprint density at radius 3 is 2.67 bits per heavy atom. The Morgan fingerprint density at radius 2 is 2.00 bits per heavy atom. The molecule has 0 aliphatic carbocycles. The third kappa shape index (κ3) is 5.38. The molecule has 21 heavy (non-hydrogen) atoms. The van der Waals surface area contributed by atoms with Gasteiger partial charge in [-0.05, 0) is 30.4 Å². The second-order valence-corrected chi connectivity index (χ2v) is 5.04. The summed E-state index contributed by atoms with van der Waals surface area (Å²) in [6, 6.07) is 8.86. The standard InChI is InChI=1S/C15H19N3O.ClH.Pt/c1-10(2)9-12(16)15(19)18-13-7-3-5-11-6-4-8-17-14(11)13;;/h3-8,10,12H,9,16H2,1-2H3,(H,18,19);1H;/q;;+2/p-2. The van der Waals surface area contributed by atoms with Gasteiger partial charge in [0.1, 0.15) is 0 Å². The molecule has 4 nitrogen and oxygen atoms in total. The van der Waals surface area contributed by atoms with Crippen LogP contribution in [0.3, 0.4) is 0 Å². The van der Waals surface area contributed by atoms with E-state index in [1.807, 2.05) is 38.1 Å². The number of hydrogen-bond acceptors (Lipinski definition) is 4. The first-order chi connectivity index (χ1) is 10.1. The molecule has 116 valence electrons. The Labute approximate surface area is 140 Å². The molecule has 0 bridgehead atoms. The summed E-state index contributed by atoms with van der Waals surface area (Å²) in [7, 11) is 4.61. The van der Waals surface area contributed by atoms with Gasteiger partial charge in [-0.25, -0.2) is 0 Å². The van der Waals surface area contributed by atoms with Crippen molar-refractivity contribution in [2.75, 3.05) is 0 Å². The predicted molar refractivity (Wildman–Crippen MR) is 82.1 cm³/mol. The fraction of sp³-hybridized carbons (Fsp3) is 0.333. The van der Waals surface area contributed by atoms with E-state index >= 15 is 0 Å². The van der Waals surface area contributed by atoms with Crippen LogP contribution in [0.5, 0.6) is 0 Å². The fourth-order valence-corrected chi connectivity index (χ4v) is 1.99. The van der Waals surface area contributed by atoms with Crippen LogP contribution in [0.25, 0.3) is 10.9 Å². The van der Waals surface area contributed by atoms with E-state index in [1.165, 1.54) is 0 Å². The summed E-state index contributed by atoms with van der Waals surface area (Å²) in [4.78, 5) is 8.38. The van der Waals surface area contributed by atoms with E-state index in [2.05, 4.69) is 19.4 Å². The molecule has 1 heterocycles. The monoisotopic (exact) mass is 486 g/mol. The molecule has 0 amide bonds. The summed E-state index contributed by atoms with van der Waals surface area (Å²) in [6.45, 7) is 4.07. The normalized spacial score (nSPS) is 13.0. The van der Waals surface area contributed by atoms with E-state index < -0.39 is 6.04 Å². The van der Waals surface area contributed by atoms with Gasteiger partial charge in [0, 0.05) is 17.6 Å². The summed E-state index contributed by atoms with van der Waals surface area (Å²) >= 11 is 1.61. The van der Waals surface area contributed by atoms with Gasteiger partial charge in [0.2, 0.25) is 0 Å². The number of pyridine rings is 1. The molecule has 1 aromatic heterocycles. The Kier molecular flexibility index (Phi) is 7.87. The van der Waals surface area contributed by atoms with Crippen molar-refractivity contribution in [3.8, 4) is 0 Å². The first kappa shape index (κ1) is 18.1. The minimum atomic E-state index is -0.543. The van der Waals surface area contributed by atoms with Crippen molar-refractivity contribution in [1.29, 1.82) is 0 Å². The molecule has 2 aromatic rings. The van der Waals surface area contributed by atoms with Gasteiger partial charge in [0.25, 0.3) is 0 Å². The molecule has 1 atom stereocenters. The topological polar surface area (TPSA) is 74.3 Å². The number of rotatable bonds is 4. The zero-order valence-electron chi connectivity index (χ0n) is 11.9. The van der Waals surface area contributed by atoms with Crippen molar-refractivity contribution in [3.05, 3.63) is 36.5 Å². The van der Waals surface area contributed by atoms with Crippen LogP contribution >= 0.6 is 9.42 Å². The molecular weight excluding hydrogens is 469 g/mol. The van der Waals surface area contributed by atoms with Gasteiger partial charge in [-0.15, -0.1) is 0 Å². The van der Waals surface area contributed by atoms with Gasteiger partial charge in [0.15, 0.2) is 0 Å². The molecule has 1 aromatic carbocycles. The van der Waals surface area contributed by atoms with E-state index in [9.17, 15) is 5.11 Å². The van der Waals surface area contributed by atoms with Gasteiger partial charge in [-0.3, -0.25) is 9.98 Å². The number of aromatic nitrogens is 1. The number of benzene rings is 1. The van der Waals surface area contributed by atoms with Crippen molar-refractivity contribution in [3.63, 3.8) is 0 Å². The molecular formula is C15H18ClN3OPt. The Hall–Kier alpha value is -0.962. The number of nitrogens with two attached hydrogens (primary N) is 1. The number of aliphatic imine (C=N–C) groups is 1. The van der Waals surface area contributed by atoms with Crippen molar-refractivity contribution in [2.45, 2.75) is 26.3 Å². The van der Waals surface area contributed by atoms with Crippen LogP contribution < -0.4 is 10.8 Å². The molecule has 0 saturated heterocycles. The third-order valence-corrected chi connectivity index (χ3v) is 2.88. The van der Waals surface area contributed by atoms with Crippen LogP contribution in [-0.4, -0.2) is 16.9 Å². The summed E-state index contributed by atoms with van der Waals surface area (Å²) in [5, 5.41) is 12.9. The number of nitrogens with zero attached hydrogens (tertiary/aromatic N) is 2.